The van der Waals surface area contributed by atoms with Crippen LogP contribution in [-0.2, 0) is 101 Å². The molecule has 0 radical (unpaired) electrons. The smallest absolute Gasteiger partial charge is 0.305 e. The lowest BCUT2D eigenvalue weighted by molar-refractivity contribution is -0.147. The largest absolute Gasteiger partial charge is 0.497 e. The molecule has 4 aromatic carbocycles. The number of aromatic amines is 2. The van der Waals surface area contributed by atoms with Gasteiger partial charge in [-0.15, -0.1) is 0 Å². The van der Waals surface area contributed by atoms with E-state index in [1.54, 1.807) is 60.7 Å². The number of primary amides is 1. The van der Waals surface area contributed by atoms with Crippen LogP contribution in [0.1, 0.15) is 118 Å². The van der Waals surface area contributed by atoms with E-state index in [-0.39, 0.29) is 93.6 Å². The van der Waals surface area contributed by atoms with Gasteiger partial charge in [-0.25, -0.2) is 13.8 Å². The van der Waals surface area contributed by atoms with Gasteiger partial charge in [-0.3, -0.25) is 62.3 Å². The van der Waals surface area contributed by atoms with Gasteiger partial charge in [0.05, 0.1) is 26.3 Å². The van der Waals surface area contributed by atoms with Crippen molar-refractivity contribution in [3.05, 3.63) is 160 Å². The number of ether oxygens (including phenoxy) is 1. The molecule has 5 heterocycles. The molecule has 0 unspecified atom stereocenters. The summed E-state index contributed by atoms with van der Waals surface area (Å²) < 4.78 is 35.3. The molecule has 562 valence electrons. The highest BCUT2D eigenvalue weighted by atomic mass is 19.1. The normalized spacial score (nSPS) is 23.5. The molecule has 1 aliphatic carbocycles. The summed E-state index contributed by atoms with van der Waals surface area (Å²) in [6.07, 6.45) is 3.99. The minimum Gasteiger partial charge on any atom is -0.497 e. The van der Waals surface area contributed by atoms with Crippen LogP contribution in [0.3, 0.4) is 0 Å². The minimum absolute atomic E-state index is 0.00660. The first-order chi connectivity index (χ1) is 50.6. The molecule has 0 saturated carbocycles. The zero-order valence-corrected chi connectivity index (χ0v) is 58.9. The number of carbonyl (C=O) groups excluding carboxylic acids is 12. The van der Waals surface area contributed by atoms with Gasteiger partial charge < -0.3 is 83.6 Å². The quantitative estimate of drug-likeness (QED) is 0.0728. The van der Waals surface area contributed by atoms with Crippen LogP contribution in [0.5, 0.6) is 5.75 Å². The van der Waals surface area contributed by atoms with Gasteiger partial charge in [0.1, 0.15) is 71.3 Å². The molecule has 1 fully saturated rings. The number of carboxylic acid groups (broad SMARTS) is 1. The summed E-state index contributed by atoms with van der Waals surface area (Å²) in [7, 11) is 1.45. The Labute approximate surface area is 608 Å². The number of nitrogens with zero attached hydrogens (tertiary/aromatic N) is 2. The first kappa shape index (κ1) is 78.3. The topological polar surface area (TPSA) is 445 Å². The van der Waals surface area contributed by atoms with Crippen LogP contribution in [0.2, 0.25) is 0 Å². The second-order valence-corrected chi connectivity index (χ2v) is 26.8. The molecule has 4 aliphatic rings. The van der Waals surface area contributed by atoms with Crippen molar-refractivity contribution >= 4 is 93.3 Å². The SMILES string of the molecule is COc1ccc(C[C@@H]2NC(=O)[C@H](Cc3cnc[nH]3)NC(=O)[C@H](CC(=O)O)NC(=O)[C@H](Cc3c[nH]c4ccc(F)cc34)NC(=O)[C@H](CC3=CCc4ccc(F)cc43)NC(=O)[C@@H](C)NC(=O)[C@H](NC(C)=O)CCCCNC(=O)Cc3ccc(cc3)CNC(=O)CC[C@@H](C(N)=O)NC(=O)[C@]3(C)CCCN3C2=O)cc1. The Morgan fingerprint density at radius 3 is 2.02 bits per heavy atom. The number of aliphatic carboxylic acids is 1. The number of carboxylic acids is 1. The minimum atomic E-state index is -2.06. The molecule has 1 saturated heterocycles. The molecule has 2 bridgehead atoms. The fourth-order valence-corrected chi connectivity index (χ4v) is 13.1. The van der Waals surface area contributed by atoms with E-state index in [9.17, 15) is 52.6 Å². The third-order valence-corrected chi connectivity index (χ3v) is 18.9. The summed E-state index contributed by atoms with van der Waals surface area (Å²) in [5.74, 6) is -12.7. The van der Waals surface area contributed by atoms with Gasteiger partial charge in [0.2, 0.25) is 70.9 Å². The molecule has 32 heteroatoms. The fraction of sp³-hybridized carbons (Fsp3) is 0.405. The number of imidazole rings is 1. The van der Waals surface area contributed by atoms with E-state index in [1.807, 2.05) is 0 Å². The summed E-state index contributed by atoms with van der Waals surface area (Å²) in [5, 5.41) is 37.0. The number of benzene rings is 4. The van der Waals surface area contributed by atoms with Crippen LogP contribution >= 0.6 is 0 Å². The van der Waals surface area contributed by atoms with Crippen LogP contribution in [0, 0.1) is 11.6 Å². The Kier molecular flexibility index (Phi) is 26.6. The summed E-state index contributed by atoms with van der Waals surface area (Å²) in [6, 6.07) is 8.38. The lowest BCUT2D eigenvalue weighted by Gasteiger charge is -2.37. The summed E-state index contributed by atoms with van der Waals surface area (Å²) in [6.45, 7) is 4.20. The molecule has 12 amide bonds. The molecular weight excluding hydrogens is 1380 g/mol. The van der Waals surface area contributed by atoms with Gasteiger partial charge in [-0.05, 0) is 140 Å². The summed E-state index contributed by atoms with van der Waals surface area (Å²) in [5.41, 5.74) is 8.30. The number of nitrogens with two attached hydrogens (primary N) is 1. The molecule has 3 aliphatic heterocycles. The number of nitrogens with one attached hydrogen (secondary N) is 12. The second-order valence-electron chi connectivity index (χ2n) is 26.8. The molecule has 0 spiro atoms. The number of carbonyl (C=O) groups is 13. The van der Waals surface area contributed by atoms with Gasteiger partial charge in [-0.2, -0.15) is 0 Å². The second kappa shape index (κ2) is 36.0. The van der Waals surface area contributed by atoms with Crippen molar-refractivity contribution in [2.75, 3.05) is 20.2 Å². The van der Waals surface area contributed by atoms with E-state index < -0.39 is 156 Å². The highest BCUT2D eigenvalue weighted by molar-refractivity contribution is 6.01. The van der Waals surface area contributed by atoms with Crippen molar-refractivity contribution in [2.45, 2.75) is 171 Å². The van der Waals surface area contributed by atoms with Crippen LogP contribution in [0.4, 0.5) is 8.78 Å². The Balaban J connectivity index is 1.05. The van der Waals surface area contributed by atoms with Gasteiger partial charge in [0, 0.05) is 87.7 Å². The monoisotopic (exact) mass is 1460 g/mol. The van der Waals surface area contributed by atoms with E-state index in [4.69, 9.17) is 10.5 Å². The van der Waals surface area contributed by atoms with Crippen LogP contribution < -0.4 is 63.6 Å². The third kappa shape index (κ3) is 21.2. The standard InChI is InChI=1S/C74H87F2N15O15/c1-40-66(98)85-57(30-46-16-15-45-17-18-48(75)32-52(45)46)68(100)86-58(31-47-37-80-54-22-19-49(76)33-53(47)54)69(101)88-60(35-64(95)96)71(103)87-59(34-50-38-78-39-82-50)70(102)89-61(28-42-13-20-51(106-4)21-14-42)72(104)91-27-7-25-74(91,3)73(105)90-55(65(77)97)23-24-62(93)81-36-44-11-9-43(10-12-44)29-63(94)79-26-6-5-8-56(67(99)83-40)84-41(2)92/h9-14,16-22,32-33,37-40,55-61,80H,5-8,15,23-31,34-36H2,1-4H3,(H2,77,97)(H,78,82)(H,79,94)(H,81,93)(H,83,99)(H,84,92)(H,85,98)(H,86,100)(H,87,103)(H,88,101)(H,89,102)(H,90,105)(H,95,96)/t40-,55+,56-,57+,58+,59+,60+,61+,74+/m1/s1. The van der Waals surface area contributed by atoms with E-state index >= 15 is 23.6 Å². The molecule has 9 atom stereocenters. The number of H-pyrrole nitrogens is 2. The maximum atomic E-state index is 15.3. The first-order valence-corrected chi connectivity index (χ1v) is 34.8. The molecule has 106 heavy (non-hydrogen) atoms. The number of rotatable bonds is 13. The predicted octanol–water partition coefficient (Wildman–Crippen LogP) is 1.43. The number of hydrogen-bond acceptors (Lipinski definition) is 15. The zero-order valence-electron chi connectivity index (χ0n) is 58.9. The van der Waals surface area contributed by atoms with Gasteiger partial charge in [-0.1, -0.05) is 48.5 Å². The highest BCUT2D eigenvalue weighted by Gasteiger charge is 2.49. The van der Waals surface area contributed by atoms with Crippen LogP contribution in [0.25, 0.3) is 16.5 Å². The van der Waals surface area contributed by atoms with Crippen molar-refractivity contribution in [1.29, 1.82) is 0 Å². The molecule has 6 aromatic rings. The predicted molar refractivity (Wildman–Crippen MR) is 379 cm³/mol. The summed E-state index contributed by atoms with van der Waals surface area (Å²) >= 11 is 0. The van der Waals surface area contributed by atoms with E-state index in [0.29, 0.717) is 63.9 Å². The van der Waals surface area contributed by atoms with Crippen molar-refractivity contribution in [3.63, 3.8) is 0 Å². The number of fused-ring (bicyclic) bond motifs is 37. The molecular formula is C74H87F2N15O15. The number of methoxy groups -OCH3 is 1. The maximum absolute atomic E-state index is 15.3. The molecule has 30 nitrogen and oxygen atoms in total. The van der Waals surface area contributed by atoms with E-state index in [0.717, 1.165) is 6.07 Å². The van der Waals surface area contributed by atoms with Crippen molar-refractivity contribution in [3.8, 4) is 5.75 Å². The maximum Gasteiger partial charge on any atom is 0.305 e. The third-order valence-electron chi connectivity index (χ3n) is 18.9. The molecule has 2 aromatic heterocycles. The molecule has 10 rings (SSSR count). The number of amides is 12. The summed E-state index contributed by atoms with van der Waals surface area (Å²) in [4.78, 5) is 194. The van der Waals surface area contributed by atoms with E-state index in [2.05, 4.69) is 68.1 Å². The van der Waals surface area contributed by atoms with Crippen molar-refractivity contribution in [1.82, 2.24) is 73.0 Å². The lowest BCUT2D eigenvalue weighted by atomic mass is 9.94. The first-order valence-electron chi connectivity index (χ1n) is 34.8. The Hall–Kier alpha value is -11.9. The van der Waals surface area contributed by atoms with Gasteiger partial charge in [0.25, 0.3) is 0 Å². The van der Waals surface area contributed by atoms with Crippen LogP contribution in [0.15, 0.2) is 110 Å². The number of halogens is 2. The number of hydrogen-bond donors (Lipinski definition) is 14. The van der Waals surface area contributed by atoms with Gasteiger partial charge in [0.15, 0.2) is 0 Å². The zero-order chi connectivity index (χ0) is 76.4. The van der Waals surface area contributed by atoms with Gasteiger partial charge >= 0.3 is 5.97 Å². The Morgan fingerprint density at radius 2 is 1.34 bits per heavy atom. The fourth-order valence-electron chi connectivity index (χ4n) is 13.1. The molecule has 15 N–H and O–H groups in total. The Morgan fingerprint density at radius 1 is 0.689 bits per heavy atom. The van der Waals surface area contributed by atoms with E-state index in [1.165, 1.54) is 75.8 Å². The average molecular weight is 1460 g/mol. The number of allylic oxidation sites excluding steroid dienone is 1. The lowest BCUT2D eigenvalue weighted by Crippen LogP contribution is -2.63. The van der Waals surface area contributed by atoms with Crippen LogP contribution in [-0.4, -0.2) is 176 Å². The van der Waals surface area contributed by atoms with Crippen molar-refractivity contribution < 1.29 is 81.0 Å². The highest BCUT2D eigenvalue weighted by Crippen LogP contribution is 2.33. The van der Waals surface area contributed by atoms with Crippen molar-refractivity contribution in [2.24, 2.45) is 5.73 Å². The average Bonchev–Trinajstić information content (AvgIpc) is 1.60. The number of aromatic nitrogens is 3. The Bertz CT molecular complexity index is 4300.